The molecule has 29 heavy (non-hydrogen) atoms. The number of benzene rings is 2. The Bertz CT molecular complexity index is 842. The van der Waals surface area contributed by atoms with E-state index < -0.39 is 0 Å². The summed E-state index contributed by atoms with van der Waals surface area (Å²) in [6.07, 6.45) is 2.42. The van der Waals surface area contributed by atoms with E-state index in [-0.39, 0.29) is 23.7 Å². The van der Waals surface area contributed by atoms with Crippen molar-refractivity contribution in [3.05, 3.63) is 69.5 Å². The molecule has 1 saturated heterocycles. The van der Waals surface area contributed by atoms with Crippen LogP contribution in [-0.4, -0.2) is 23.9 Å². The Kier molecular flexibility index (Phi) is 7.31. The Labute approximate surface area is 178 Å². The highest BCUT2D eigenvalue weighted by molar-refractivity contribution is 6.31. The Morgan fingerprint density at radius 3 is 2.59 bits per heavy atom. The average Bonchev–Trinajstić information content (AvgIpc) is 2.70. The minimum Gasteiger partial charge on any atom is -0.349 e. The van der Waals surface area contributed by atoms with Crippen LogP contribution in [0.2, 0.25) is 5.02 Å². The Morgan fingerprint density at radius 1 is 1.24 bits per heavy atom. The lowest BCUT2D eigenvalue weighted by atomic mass is 9.93. The highest BCUT2D eigenvalue weighted by Crippen LogP contribution is 2.26. The third-order valence-electron chi connectivity index (χ3n) is 5.93. The van der Waals surface area contributed by atoms with Crippen LogP contribution in [0.4, 0.5) is 4.39 Å². The fraction of sp³-hybridized carbons (Fsp3) is 0.458. The van der Waals surface area contributed by atoms with E-state index >= 15 is 0 Å². The van der Waals surface area contributed by atoms with Gasteiger partial charge in [-0.1, -0.05) is 48.4 Å². The van der Waals surface area contributed by atoms with Gasteiger partial charge in [-0.2, -0.15) is 0 Å². The fourth-order valence-electron chi connectivity index (χ4n) is 4.17. The van der Waals surface area contributed by atoms with E-state index in [1.807, 2.05) is 0 Å². The second-order valence-corrected chi connectivity index (χ2v) is 8.49. The predicted molar refractivity (Wildman–Crippen MR) is 117 cm³/mol. The molecule has 0 spiro atoms. The monoisotopic (exact) mass is 416 g/mol. The number of carbonyl (C=O) groups is 1. The molecule has 3 nitrogen and oxygen atoms in total. The van der Waals surface area contributed by atoms with Crippen molar-refractivity contribution in [1.29, 1.82) is 0 Å². The maximum atomic E-state index is 14.0. The van der Waals surface area contributed by atoms with Gasteiger partial charge in [0.25, 0.3) is 0 Å². The normalized spacial score (nSPS) is 16.6. The molecular formula is C24H30ClFN2O. The Morgan fingerprint density at radius 2 is 1.97 bits per heavy atom. The minimum absolute atomic E-state index is 0.00199. The van der Waals surface area contributed by atoms with E-state index in [1.54, 1.807) is 12.1 Å². The number of hydrogen-bond acceptors (Lipinski definition) is 2. The van der Waals surface area contributed by atoms with Crippen LogP contribution in [-0.2, 0) is 11.3 Å². The van der Waals surface area contributed by atoms with Gasteiger partial charge in [0.15, 0.2) is 0 Å². The molecule has 1 atom stereocenters. The molecule has 0 saturated carbocycles. The fourth-order valence-corrected chi connectivity index (χ4v) is 4.39. The first-order chi connectivity index (χ1) is 13.9. The molecule has 156 valence electrons. The number of halogens is 2. The molecule has 1 N–H and O–H groups in total. The van der Waals surface area contributed by atoms with Crippen molar-refractivity contribution in [2.75, 3.05) is 13.1 Å². The molecule has 1 fully saturated rings. The molecule has 1 aliphatic rings. The summed E-state index contributed by atoms with van der Waals surface area (Å²) in [7, 11) is 0. The molecule has 3 rings (SSSR count). The number of piperidine rings is 1. The van der Waals surface area contributed by atoms with Gasteiger partial charge in [-0.15, -0.1) is 0 Å². The summed E-state index contributed by atoms with van der Waals surface area (Å²) in [5.74, 6) is -0.140. The number of rotatable bonds is 6. The SMILES string of the molecule is CC[C@H](NC(=O)C1CCN(Cc2c(F)cccc2Cl)CC1)c1ccc(C)cc1C. The van der Waals surface area contributed by atoms with E-state index in [4.69, 9.17) is 11.6 Å². The van der Waals surface area contributed by atoms with Crippen molar-refractivity contribution in [1.82, 2.24) is 10.2 Å². The average molecular weight is 417 g/mol. The molecule has 0 aliphatic carbocycles. The second kappa shape index (κ2) is 9.73. The zero-order valence-corrected chi connectivity index (χ0v) is 18.2. The lowest BCUT2D eigenvalue weighted by Crippen LogP contribution is -2.41. The molecule has 1 heterocycles. The number of hydrogen-bond donors (Lipinski definition) is 1. The number of nitrogens with zero attached hydrogens (tertiary/aromatic N) is 1. The largest absolute Gasteiger partial charge is 0.349 e. The highest BCUT2D eigenvalue weighted by Gasteiger charge is 2.27. The first kappa shape index (κ1) is 21.8. The maximum absolute atomic E-state index is 14.0. The van der Waals surface area contributed by atoms with Gasteiger partial charge in [-0.3, -0.25) is 9.69 Å². The van der Waals surface area contributed by atoms with Crippen LogP contribution >= 0.6 is 11.6 Å². The number of likely N-dealkylation sites (tertiary alicyclic amines) is 1. The summed E-state index contributed by atoms with van der Waals surface area (Å²) in [4.78, 5) is 15.1. The van der Waals surface area contributed by atoms with E-state index in [0.29, 0.717) is 17.1 Å². The van der Waals surface area contributed by atoms with Crippen LogP contribution in [0.3, 0.4) is 0 Å². The quantitative estimate of drug-likeness (QED) is 0.667. The lowest BCUT2D eigenvalue weighted by molar-refractivity contribution is -0.127. The first-order valence-corrected chi connectivity index (χ1v) is 10.8. The van der Waals surface area contributed by atoms with E-state index in [0.717, 1.165) is 32.4 Å². The molecule has 1 amide bonds. The molecule has 0 unspecified atom stereocenters. The van der Waals surface area contributed by atoms with Crippen molar-refractivity contribution in [2.24, 2.45) is 5.92 Å². The van der Waals surface area contributed by atoms with Crippen molar-refractivity contribution < 1.29 is 9.18 Å². The van der Waals surface area contributed by atoms with E-state index in [2.05, 4.69) is 49.2 Å². The predicted octanol–water partition coefficient (Wildman–Crippen LogP) is 5.58. The minimum atomic E-state index is -0.267. The van der Waals surface area contributed by atoms with Gasteiger partial charge in [-0.25, -0.2) is 4.39 Å². The molecule has 2 aromatic rings. The zero-order valence-electron chi connectivity index (χ0n) is 17.5. The molecule has 0 bridgehead atoms. The third-order valence-corrected chi connectivity index (χ3v) is 6.28. The first-order valence-electron chi connectivity index (χ1n) is 10.4. The summed E-state index contributed by atoms with van der Waals surface area (Å²) in [6, 6.07) is 11.2. The Hall–Kier alpha value is -1.91. The zero-order chi connectivity index (χ0) is 21.0. The van der Waals surface area contributed by atoms with Crippen molar-refractivity contribution in [3.8, 4) is 0 Å². The van der Waals surface area contributed by atoms with Gasteiger partial charge in [-0.05, 0) is 69.5 Å². The molecule has 5 heteroatoms. The van der Waals surface area contributed by atoms with Gasteiger partial charge in [0, 0.05) is 23.0 Å². The van der Waals surface area contributed by atoms with Crippen LogP contribution in [0.25, 0.3) is 0 Å². The van der Waals surface area contributed by atoms with Crippen LogP contribution in [0.1, 0.15) is 54.5 Å². The number of amides is 1. The molecular weight excluding hydrogens is 387 g/mol. The summed E-state index contributed by atoms with van der Waals surface area (Å²) >= 11 is 6.15. The molecule has 2 aromatic carbocycles. The van der Waals surface area contributed by atoms with Crippen molar-refractivity contribution in [2.45, 2.75) is 52.6 Å². The maximum Gasteiger partial charge on any atom is 0.223 e. The standard InChI is InChI=1S/C24H30ClFN2O/c1-4-23(19-9-8-16(2)14-17(19)3)27-24(29)18-10-12-28(13-11-18)15-20-21(25)6-5-7-22(20)26/h5-9,14,18,23H,4,10-13,15H2,1-3H3,(H,27,29)/t23-/m0/s1. The summed E-state index contributed by atoms with van der Waals surface area (Å²) in [5.41, 5.74) is 4.18. The van der Waals surface area contributed by atoms with E-state index in [9.17, 15) is 9.18 Å². The topological polar surface area (TPSA) is 32.3 Å². The third kappa shape index (κ3) is 5.37. The highest BCUT2D eigenvalue weighted by atomic mass is 35.5. The van der Waals surface area contributed by atoms with Crippen LogP contribution < -0.4 is 5.32 Å². The number of nitrogens with one attached hydrogen (secondary N) is 1. The van der Waals surface area contributed by atoms with Crippen molar-refractivity contribution in [3.63, 3.8) is 0 Å². The van der Waals surface area contributed by atoms with Gasteiger partial charge in [0.2, 0.25) is 5.91 Å². The van der Waals surface area contributed by atoms with Crippen LogP contribution in [0.15, 0.2) is 36.4 Å². The van der Waals surface area contributed by atoms with Gasteiger partial charge in [0.05, 0.1) is 6.04 Å². The van der Waals surface area contributed by atoms with Crippen LogP contribution in [0, 0.1) is 25.6 Å². The number of carbonyl (C=O) groups excluding carboxylic acids is 1. The molecule has 0 aromatic heterocycles. The summed E-state index contributed by atoms with van der Waals surface area (Å²) in [5, 5.41) is 3.72. The van der Waals surface area contributed by atoms with Gasteiger partial charge < -0.3 is 5.32 Å². The van der Waals surface area contributed by atoms with Gasteiger partial charge in [0.1, 0.15) is 5.82 Å². The van der Waals surface area contributed by atoms with E-state index in [1.165, 1.54) is 22.8 Å². The van der Waals surface area contributed by atoms with Crippen LogP contribution in [0.5, 0.6) is 0 Å². The molecule has 0 radical (unpaired) electrons. The Balaban J connectivity index is 1.56. The number of aryl methyl sites for hydroxylation is 2. The lowest BCUT2D eigenvalue weighted by Gasteiger charge is -2.32. The molecule has 1 aliphatic heterocycles. The summed E-state index contributed by atoms with van der Waals surface area (Å²) < 4.78 is 14.0. The summed E-state index contributed by atoms with van der Waals surface area (Å²) in [6.45, 7) is 8.30. The van der Waals surface area contributed by atoms with Gasteiger partial charge >= 0.3 is 0 Å². The smallest absolute Gasteiger partial charge is 0.223 e. The second-order valence-electron chi connectivity index (χ2n) is 8.08. The van der Waals surface area contributed by atoms with Crippen molar-refractivity contribution >= 4 is 17.5 Å².